The maximum Gasteiger partial charge on any atom is 0.234 e. The van der Waals surface area contributed by atoms with Crippen LogP contribution in [0.3, 0.4) is 0 Å². The quantitative estimate of drug-likeness (QED) is 0.337. The summed E-state index contributed by atoms with van der Waals surface area (Å²) in [5.41, 5.74) is 3.82. The molecule has 1 amide bonds. The number of benzene rings is 2. The third kappa shape index (κ3) is 4.69. The molecule has 0 aliphatic carbocycles. The highest BCUT2D eigenvalue weighted by Gasteiger charge is 2.17. The summed E-state index contributed by atoms with van der Waals surface area (Å²) < 4.78 is 3.13. The average Bonchev–Trinajstić information content (AvgIpc) is 3.06. The van der Waals surface area contributed by atoms with Crippen LogP contribution < -0.4 is 5.32 Å². The van der Waals surface area contributed by atoms with E-state index in [0.29, 0.717) is 22.5 Å². The molecule has 2 aromatic carbocycles. The van der Waals surface area contributed by atoms with Gasteiger partial charge in [0.2, 0.25) is 5.91 Å². The van der Waals surface area contributed by atoms with Gasteiger partial charge in [0, 0.05) is 21.4 Å². The molecule has 28 heavy (non-hydrogen) atoms. The lowest BCUT2D eigenvalue weighted by atomic mass is 10.1. The highest BCUT2D eigenvalue weighted by atomic mass is 127. The maximum absolute atomic E-state index is 12.5. The van der Waals surface area contributed by atoms with E-state index >= 15 is 0 Å². The molecule has 0 radical (unpaired) electrons. The monoisotopic (exact) mass is 526 g/mol. The van der Waals surface area contributed by atoms with Gasteiger partial charge in [-0.3, -0.25) is 4.79 Å². The number of nitrogens with zero attached hydrogens (tertiary/aromatic N) is 3. The maximum atomic E-state index is 12.5. The van der Waals surface area contributed by atoms with E-state index in [2.05, 4.69) is 50.2 Å². The predicted octanol–water partition coefficient (Wildman–Crippen LogP) is 5.57. The van der Waals surface area contributed by atoms with Crippen molar-refractivity contribution in [3.05, 3.63) is 56.1 Å². The summed E-state index contributed by atoms with van der Waals surface area (Å²) >= 11 is 9.95. The fraction of sp³-hybridized carbons (Fsp3) is 0.250. The summed E-state index contributed by atoms with van der Waals surface area (Å²) in [6.07, 6.45) is 0. The van der Waals surface area contributed by atoms with Crippen molar-refractivity contribution < 1.29 is 4.79 Å². The molecular formula is C20H20ClIN4OS. The van der Waals surface area contributed by atoms with Gasteiger partial charge in [0.15, 0.2) is 11.0 Å². The van der Waals surface area contributed by atoms with Crippen LogP contribution in [0.5, 0.6) is 0 Å². The first kappa shape index (κ1) is 21.1. The molecule has 8 heteroatoms. The molecule has 0 fully saturated rings. The first-order valence-electron chi connectivity index (χ1n) is 8.78. The Morgan fingerprint density at radius 1 is 1.21 bits per heavy atom. The van der Waals surface area contributed by atoms with Crippen LogP contribution in [0.15, 0.2) is 41.6 Å². The lowest BCUT2D eigenvalue weighted by molar-refractivity contribution is -0.113. The van der Waals surface area contributed by atoms with Crippen molar-refractivity contribution in [2.24, 2.45) is 0 Å². The fourth-order valence-corrected chi connectivity index (χ4v) is 4.89. The van der Waals surface area contributed by atoms with Crippen LogP contribution >= 0.6 is 46.0 Å². The average molecular weight is 527 g/mol. The molecule has 0 saturated heterocycles. The Bertz CT molecular complexity index is 998. The van der Waals surface area contributed by atoms with E-state index in [4.69, 9.17) is 11.6 Å². The highest BCUT2D eigenvalue weighted by Crippen LogP contribution is 2.29. The Labute approximate surface area is 187 Å². The Morgan fingerprint density at radius 3 is 2.54 bits per heavy atom. The minimum Gasteiger partial charge on any atom is -0.325 e. The molecule has 0 spiro atoms. The normalized spacial score (nSPS) is 10.9. The molecule has 0 saturated carbocycles. The van der Waals surface area contributed by atoms with E-state index in [0.717, 1.165) is 25.9 Å². The number of hydrogen-bond donors (Lipinski definition) is 1. The van der Waals surface area contributed by atoms with Gasteiger partial charge in [0.05, 0.1) is 10.8 Å². The van der Waals surface area contributed by atoms with E-state index in [1.165, 1.54) is 11.8 Å². The van der Waals surface area contributed by atoms with Gasteiger partial charge in [-0.15, -0.1) is 10.2 Å². The number of halogens is 2. The Balaban J connectivity index is 1.73. The van der Waals surface area contributed by atoms with Gasteiger partial charge in [-0.25, -0.2) is 0 Å². The van der Waals surface area contributed by atoms with Crippen LogP contribution in [0.1, 0.15) is 18.1 Å². The number of hydrogen-bond acceptors (Lipinski definition) is 4. The third-order valence-corrected chi connectivity index (χ3v) is 6.16. The van der Waals surface area contributed by atoms with Gasteiger partial charge in [0.1, 0.15) is 0 Å². The minimum absolute atomic E-state index is 0.0673. The molecule has 146 valence electrons. The molecule has 1 aromatic heterocycles. The highest BCUT2D eigenvalue weighted by molar-refractivity contribution is 14.1. The van der Waals surface area contributed by atoms with E-state index in [9.17, 15) is 4.79 Å². The first-order valence-corrected chi connectivity index (χ1v) is 11.2. The lowest BCUT2D eigenvalue weighted by Gasteiger charge is -2.12. The second-order valence-electron chi connectivity index (χ2n) is 6.28. The van der Waals surface area contributed by atoms with Crippen LogP contribution in [0.2, 0.25) is 5.02 Å². The molecule has 0 aliphatic rings. The lowest BCUT2D eigenvalue weighted by Crippen LogP contribution is -2.16. The molecule has 1 N–H and O–H groups in total. The zero-order chi connectivity index (χ0) is 20.3. The van der Waals surface area contributed by atoms with Gasteiger partial charge >= 0.3 is 0 Å². The van der Waals surface area contributed by atoms with Crippen LogP contribution in [-0.4, -0.2) is 26.4 Å². The number of rotatable bonds is 6. The molecule has 5 nitrogen and oxygen atoms in total. The van der Waals surface area contributed by atoms with Crippen molar-refractivity contribution >= 4 is 57.5 Å². The number of aromatic nitrogens is 3. The summed E-state index contributed by atoms with van der Waals surface area (Å²) in [6.45, 7) is 6.71. The van der Waals surface area contributed by atoms with Crippen LogP contribution in [0.25, 0.3) is 11.4 Å². The van der Waals surface area contributed by atoms with E-state index in [1.807, 2.05) is 49.6 Å². The summed E-state index contributed by atoms with van der Waals surface area (Å²) in [5.74, 6) is 0.897. The second-order valence-corrected chi connectivity index (χ2v) is 8.88. The van der Waals surface area contributed by atoms with Crippen LogP contribution in [-0.2, 0) is 11.3 Å². The minimum atomic E-state index is -0.0673. The van der Waals surface area contributed by atoms with Crippen molar-refractivity contribution in [1.82, 2.24) is 14.8 Å². The molecule has 0 aliphatic heterocycles. The Morgan fingerprint density at radius 2 is 1.89 bits per heavy atom. The van der Waals surface area contributed by atoms with Gasteiger partial charge in [-0.1, -0.05) is 35.5 Å². The Kier molecular flexibility index (Phi) is 7.00. The van der Waals surface area contributed by atoms with Gasteiger partial charge in [-0.2, -0.15) is 0 Å². The number of carbonyl (C=O) groups excluding carboxylic acids is 1. The summed E-state index contributed by atoms with van der Waals surface area (Å²) in [5, 5.41) is 12.9. The van der Waals surface area contributed by atoms with Crippen LogP contribution in [0, 0.1) is 17.4 Å². The Hall–Kier alpha value is -1.58. The summed E-state index contributed by atoms with van der Waals surface area (Å²) in [7, 11) is 0. The van der Waals surface area contributed by atoms with Gasteiger partial charge < -0.3 is 9.88 Å². The number of amides is 1. The topological polar surface area (TPSA) is 59.8 Å². The van der Waals surface area contributed by atoms with Gasteiger partial charge in [-0.05, 0) is 78.8 Å². The van der Waals surface area contributed by atoms with Crippen molar-refractivity contribution in [2.75, 3.05) is 11.1 Å². The number of aryl methyl sites for hydroxylation is 2. The first-order chi connectivity index (χ1) is 13.4. The molecule has 0 bridgehead atoms. The molecule has 0 atom stereocenters. The fourth-order valence-electron chi connectivity index (χ4n) is 2.94. The summed E-state index contributed by atoms with van der Waals surface area (Å²) in [4.78, 5) is 12.5. The molecular weight excluding hydrogens is 507 g/mol. The number of anilines is 1. The largest absolute Gasteiger partial charge is 0.325 e. The molecule has 1 heterocycles. The predicted molar refractivity (Wildman–Crippen MR) is 124 cm³/mol. The molecule has 0 unspecified atom stereocenters. The zero-order valence-corrected chi connectivity index (χ0v) is 19.5. The summed E-state index contributed by atoms with van der Waals surface area (Å²) in [6, 6.07) is 11.7. The van der Waals surface area contributed by atoms with Crippen molar-refractivity contribution in [1.29, 1.82) is 0 Å². The van der Waals surface area contributed by atoms with Crippen molar-refractivity contribution in [3.8, 4) is 11.4 Å². The van der Waals surface area contributed by atoms with Crippen molar-refractivity contribution in [2.45, 2.75) is 32.5 Å². The number of thioether (sulfide) groups is 1. The standard InChI is InChI=1S/C20H20ClIN4OS/c1-4-26-19(15-7-5-6-8-16(15)21)24-25-20(26)28-11-17(27)23-18-12(2)9-14(22)10-13(18)3/h5-10H,4,11H2,1-3H3,(H,23,27). The SMILES string of the molecule is CCn1c(SCC(=O)Nc2c(C)cc(I)cc2C)nnc1-c1ccccc1Cl. The van der Waals surface area contributed by atoms with E-state index in [1.54, 1.807) is 0 Å². The van der Waals surface area contributed by atoms with Gasteiger partial charge in [0.25, 0.3) is 0 Å². The molecule has 3 aromatic rings. The number of carbonyl (C=O) groups is 1. The second kappa shape index (κ2) is 9.28. The number of nitrogens with one attached hydrogen (secondary N) is 1. The smallest absolute Gasteiger partial charge is 0.234 e. The van der Waals surface area contributed by atoms with E-state index < -0.39 is 0 Å². The van der Waals surface area contributed by atoms with Crippen LogP contribution in [0.4, 0.5) is 5.69 Å². The molecule has 3 rings (SSSR count). The zero-order valence-electron chi connectivity index (χ0n) is 15.8. The van der Waals surface area contributed by atoms with E-state index in [-0.39, 0.29) is 11.7 Å². The van der Waals surface area contributed by atoms with Crippen molar-refractivity contribution in [3.63, 3.8) is 0 Å². The third-order valence-electron chi connectivity index (χ3n) is 4.24.